The molecule has 0 aromatic carbocycles. The van der Waals surface area contributed by atoms with Gasteiger partial charge in [-0.2, -0.15) is 0 Å². The molecular weight excluding hydrogens is 428 g/mol. The summed E-state index contributed by atoms with van der Waals surface area (Å²) in [7, 11) is 0. The quantitative estimate of drug-likeness (QED) is 0.477. The SMILES string of the molecule is CCC1=C(C)C[C@H]([C@@H](C)[C@H]2CC[C@H]3[C@@H]4C[C@H]5O[C@]56[C@@H](O)C=CC(=O)[C@]6(C)[C@H]4CC[C@]23C)OC1=O. The molecule has 6 rings (SSSR count). The van der Waals surface area contributed by atoms with E-state index in [0.717, 1.165) is 44.1 Å². The van der Waals surface area contributed by atoms with E-state index in [-0.39, 0.29) is 35.3 Å². The highest BCUT2D eigenvalue weighted by atomic mass is 16.6. The summed E-state index contributed by atoms with van der Waals surface area (Å²) < 4.78 is 12.3. The van der Waals surface area contributed by atoms with E-state index in [2.05, 4.69) is 27.7 Å². The first-order chi connectivity index (χ1) is 16.1. The van der Waals surface area contributed by atoms with Crippen LogP contribution in [0.15, 0.2) is 23.3 Å². The number of ether oxygens (including phenoxy) is 2. The summed E-state index contributed by atoms with van der Waals surface area (Å²) in [5.74, 6) is 2.12. The normalized spacial score (nSPS) is 52.4. The number of cyclic esters (lactones) is 1. The predicted octanol–water partition coefficient (Wildman–Crippen LogP) is 4.77. The molecule has 0 radical (unpaired) electrons. The van der Waals surface area contributed by atoms with E-state index in [1.165, 1.54) is 12.0 Å². The van der Waals surface area contributed by atoms with E-state index in [1.807, 2.05) is 6.92 Å². The van der Waals surface area contributed by atoms with Gasteiger partial charge in [0.15, 0.2) is 5.78 Å². The third kappa shape index (κ3) is 2.64. The molecule has 1 spiro atoms. The van der Waals surface area contributed by atoms with Crippen LogP contribution in [0.2, 0.25) is 0 Å². The lowest BCUT2D eigenvalue weighted by atomic mass is 9.44. The monoisotopic (exact) mass is 468 g/mol. The molecule has 3 saturated carbocycles. The third-order valence-electron chi connectivity index (χ3n) is 11.8. The molecule has 5 nitrogen and oxygen atoms in total. The predicted molar refractivity (Wildman–Crippen MR) is 128 cm³/mol. The minimum Gasteiger partial charge on any atom is -0.458 e. The zero-order valence-electron chi connectivity index (χ0n) is 21.3. The molecule has 0 aromatic rings. The van der Waals surface area contributed by atoms with E-state index in [0.29, 0.717) is 23.7 Å². The molecule has 186 valence electrons. The van der Waals surface area contributed by atoms with Crippen LogP contribution in [-0.4, -0.2) is 40.8 Å². The van der Waals surface area contributed by atoms with Crippen molar-refractivity contribution in [3.05, 3.63) is 23.3 Å². The van der Waals surface area contributed by atoms with Gasteiger partial charge >= 0.3 is 5.97 Å². The van der Waals surface area contributed by atoms with E-state index in [1.54, 1.807) is 12.2 Å². The van der Waals surface area contributed by atoms with Crippen molar-refractivity contribution < 1.29 is 24.2 Å². The van der Waals surface area contributed by atoms with E-state index >= 15 is 0 Å². The van der Waals surface area contributed by atoms with Gasteiger partial charge in [-0.3, -0.25) is 4.79 Å². The summed E-state index contributed by atoms with van der Waals surface area (Å²) in [4.78, 5) is 25.9. The van der Waals surface area contributed by atoms with Gasteiger partial charge in [-0.25, -0.2) is 4.79 Å². The Morgan fingerprint density at radius 3 is 2.65 bits per heavy atom. The molecule has 6 aliphatic rings. The molecular formula is C29H40O5. The number of hydrogen-bond donors (Lipinski definition) is 1. The van der Waals surface area contributed by atoms with Crippen molar-refractivity contribution in [3.8, 4) is 0 Å². The molecule has 5 heteroatoms. The maximum atomic E-state index is 13.3. The van der Waals surface area contributed by atoms with Gasteiger partial charge in [0.05, 0.1) is 11.5 Å². The molecule has 1 saturated heterocycles. The van der Waals surface area contributed by atoms with Crippen molar-refractivity contribution in [1.29, 1.82) is 0 Å². The fraction of sp³-hybridized carbons (Fsp3) is 0.793. The second kappa shape index (κ2) is 7.29. The lowest BCUT2D eigenvalue weighted by Crippen LogP contribution is -2.63. The zero-order valence-corrected chi connectivity index (χ0v) is 21.3. The summed E-state index contributed by atoms with van der Waals surface area (Å²) >= 11 is 0. The summed E-state index contributed by atoms with van der Waals surface area (Å²) in [6.45, 7) is 11.0. The zero-order chi connectivity index (χ0) is 24.2. The Hall–Kier alpha value is -1.46. The van der Waals surface area contributed by atoms with Crippen molar-refractivity contribution in [2.75, 3.05) is 0 Å². The van der Waals surface area contributed by atoms with Gasteiger partial charge < -0.3 is 14.6 Å². The number of allylic oxidation sites excluding steroid dienone is 1. The number of carbonyl (C=O) groups excluding carboxylic acids is 2. The van der Waals surface area contributed by atoms with Crippen LogP contribution in [0, 0.1) is 40.4 Å². The number of carbonyl (C=O) groups is 2. The van der Waals surface area contributed by atoms with E-state index in [4.69, 9.17) is 9.47 Å². The summed E-state index contributed by atoms with van der Waals surface area (Å²) in [5.41, 5.74) is 0.917. The Morgan fingerprint density at radius 1 is 1.18 bits per heavy atom. The number of rotatable bonds is 3. The number of ketones is 1. The fourth-order valence-electron chi connectivity index (χ4n) is 9.94. The first-order valence-electron chi connectivity index (χ1n) is 13.6. The van der Waals surface area contributed by atoms with E-state index in [9.17, 15) is 14.7 Å². The second-order valence-corrected chi connectivity index (χ2v) is 12.7. The van der Waals surface area contributed by atoms with Crippen molar-refractivity contribution in [2.24, 2.45) is 40.4 Å². The Kier molecular flexibility index (Phi) is 4.92. The van der Waals surface area contributed by atoms with Crippen molar-refractivity contribution >= 4 is 11.8 Å². The molecule has 11 atom stereocenters. The first kappa shape index (κ1) is 23.0. The number of hydrogen-bond acceptors (Lipinski definition) is 5. The minimum atomic E-state index is -0.698. The van der Waals surface area contributed by atoms with Crippen LogP contribution in [0.5, 0.6) is 0 Å². The molecule has 1 N–H and O–H groups in total. The number of aliphatic hydroxyl groups excluding tert-OH is 1. The summed E-state index contributed by atoms with van der Waals surface area (Å²) in [6, 6.07) is 0. The first-order valence-corrected chi connectivity index (χ1v) is 13.6. The molecule has 2 heterocycles. The molecule has 2 aliphatic heterocycles. The average molecular weight is 469 g/mol. The van der Waals surface area contributed by atoms with Gasteiger partial charge in [0.1, 0.15) is 17.8 Å². The van der Waals surface area contributed by atoms with E-state index < -0.39 is 17.1 Å². The Balaban J connectivity index is 1.27. The van der Waals surface area contributed by atoms with Gasteiger partial charge in [-0.1, -0.05) is 26.3 Å². The highest BCUT2D eigenvalue weighted by Crippen LogP contribution is 2.73. The van der Waals surface area contributed by atoms with Crippen LogP contribution >= 0.6 is 0 Å². The Labute approximate surface area is 203 Å². The smallest absolute Gasteiger partial charge is 0.334 e. The number of epoxide rings is 1. The van der Waals surface area contributed by atoms with Crippen LogP contribution in [0.25, 0.3) is 0 Å². The lowest BCUT2D eigenvalue weighted by molar-refractivity contribution is -0.155. The largest absolute Gasteiger partial charge is 0.458 e. The van der Waals surface area contributed by atoms with Gasteiger partial charge in [0, 0.05) is 12.0 Å². The molecule has 4 fully saturated rings. The van der Waals surface area contributed by atoms with Crippen LogP contribution in [0.1, 0.15) is 79.6 Å². The maximum absolute atomic E-state index is 13.3. The highest BCUT2D eigenvalue weighted by molar-refractivity contribution is 5.98. The summed E-state index contributed by atoms with van der Waals surface area (Å²) in [6.07, 6.45) is 9.51. The van der Waals surface area contributed by atoms with Crippen LogP contribution in [0.3, 0.4) is 0 Å². The fourth-order valence-corrected chi connectivity index (χ4v) is 9.94. The molecule has 0 aromatic heterocycles. The van der Waals surface area contributed by atoms with Gasteiger partial charge in [0.25, 0.3) is 0 Å². The Morgan fingerprint density at radius 2 is 1.94 bits per heavy atom. The van der Waals surface area contributed by atoms with Crippen molar-refractivity contribution in [3.63, 3.8) is 0 Å². The maximum Gasteiger partial charge on any atom is 0.334 e. The Bertz CT molecular complexity index is 996. The van der Waals surface area contributed by atoms with Crippen LogP contribution in [-0.2, 0) is 19.1 Å². The average Bonchev–Trinajstić information content (AvgIpc) is 3.43. The topological polar surface area (TPSA) is 76.1 Å². The second-order valence-electron chi connectivity index (χ2n) is 12.7. The molecule has 0 amide bonds. The standard InChI is InChI=1S/C29H40O5/c1-6-17-15(2)13-22(33-26(17)32)16(3)19-7-8-20-18-14-25-29(34-25)24(31)10-9-23(30)28(29,5)21(18)11-12-27(19,20)4/h9-10,16,18-22,24-25,31H,6-8,11-14H2,1-5H3/t16-,18-,19+,20-,21-,22+,24-,25+,27+,28-,29+/m0/s1. The van der Waals surface area contributed by atoms with Crippen molar-refractivity contribution in [2.45, 2.75) is 103 Å². The molecule has 4 aliphatic carbocycles. The third-order valence-corrected chi connectivity index (χ3v) is 11.8. The number of esters is 1. The number of aliphatic hydroxyl groups is 1. The molecule has 34 heavy (non-hydrogen) atoms. The van der Waals surface area contributed by atoms with Gasteiger partial charge in [-0.05, 0) is 99.5 Å². The highest BCUT2D eigenvalue weighted by Gasteiger charge is 2.80. The van der Waals surface area contributed by atoms with Gasteiger partial charge in [-0.15, -0.1) is 0 Å². The molecule has 0 unspecified atom stereocenters. The van der Waals surface area contributed by atoms with Gasteiger partial charge in [0.2, 0.25) is 0 Å². The molecule has 0 bridgehead atoms. The van der Waals surface area contributed by atoms with Crippen molar-refractivity contribution in [1.82, 2.24) is 0 Å². The van der Waals surface area contributed by atoms with Crippen LogP contribution < -0.4 is 0 Å². The van der Waals surface area contributed by atoms with Crippen LogP contribution in [0.4, 0.5) is 0 Å². The number of fused-ring (bicyclic) bond motifs is 4. The minimum absolute atomic E-state index is 0.0129. The summed E-state index contributed by atoms with van der Waals surface area (Å²) in [5, 5.41) is 10.8. The lowest BCUT2D eigenvalue weighted by Gasteiger charge is -2.58.